The zero-order valence-electron chi connectivity index (χ0n) is 21.7. The Morgan fingerprint density at radius 2 is 2.03 bits per heavy atom. The van der Waals surface area contributed by atoms with E-state index < -0.39 is 0 Å². The van der Waals surface area contributed by atoms with Crippen molar-refractivity contribution in [3.05, 3.63) is 82.0 Å². The largest absolute Gasteiger partial charge is 0.381 e. The molecule has 194 valence electrons. The molecule has 5 aromatic rings. The fourth-order valence-corrected chi connectivity index (χ4v) is 5.46. The van der Waals surface area contributed by atoms with Crippen molar-refractivity contribution in [1.82, 2.24) is 29.9 Å². The molecule has 1 amide bonds. The highest BCUT2D eigenvalue weighted by atomic mass is 32.1. The van der Waals surface area contributed by atoms with E-state index in [0.29, 0.717) is 17.9 Å². The number of carbonyl (C=O) groups excluding carboxylic acids is 1. The minimum atomic E-state index is -0.353. The van der Waals surface area contributed by atoms with Crippen LogP contribution in [0.2, 0.25) is 0 Å². The number of hydrogen-bond acceptors (Lipinski definition) is 7. The third-order valence-electron chi connectivity index (χ3n) is 6.80. The van der Waals surface area contributed by atoms with E-state index in [4.69, 9.17) is 10.7 Å². The van der Waals surface area contributed by atoms with Gasteiger partial charge < -0.3 is 16.4 Å². The van der Waals surface area contributed by atoms with Crippen LogP contribution in [0.5, 0.6) is 0 Å². The van der Waals surface area contributed by atoms with Crippen LogP contribution in [0.15, 0.2) is 54.1 Å². The van der Waals surface area contributed by atoms with Gasteiger partial charge >= 0.3 is 0 Å². The minimum absolute atomic E-state index is 0.177. The maximum absolute atomic E-state index is 13.4. The second-order valence-corrected chi connectivity index (χ2v) is 10.2. The summed E-state index contributed by atoms with van der Waals surface area (Å²) in [5, 5.41) is 16.9. The smallest absolute Gasteiger partial charge is 0.259 e. The van der Waals surface area contributed by atoms with Gasteiger partial charge in [0.15, 0.2) is 5.82 Å². The van der Waals surface area contributed by atoms with Crippen LogP contribution in [-0.2, 0) is 7.05 Å². The first-order valence-electron chi connectivity index (χ1n) is 12.5. The Kier molecular flexibility index (Phi) is 6.13. The summed E-state index contributed by atoms with van der Waals surface area (Å²) in [4.78, 5) is 18.5. The summed E-state index contributed by atoms with van der Waals surface area (Å²) in [6, 6.07) is 11.7. The van der Waals surface area contributed by atoms with Crippen molar-refractivity contribution in [2.45, 2.75) is 19.9 Å². The lowest BCUT2D eigenvalue weighted by molar-refractivity contribution is 0.0941. The number of aryl methyl sites for hydroxylation is 1. The average molecular weight is 535 g/mol. The zero-order valence-corrected chi connectivity index (χ0v) is 22.5. The molecule has 1 aliphatic heterocycles. The van der Waals surface area contributed by atoms with Crippen molar-refractivity contribution < 1.29 is 4.79 Å². The third kappa shape index (κ3) is 4.43. The molecule has 1 aromatic carbocycles. The summed E-state index contributed by atoms with van der Waals surface area (Å²) >= 11 is 1.58. The molecule has 10 heteroatoms. The van der Waals surface area contributed by atoms with Gasteiger partial charge in [0.05, 0.1) is 45.0 Å². The Morgan fingerprint density at radius 3 is 2.79 bits per heavy atom. The van der Waals surface area contributed by atoms with Crippen LogP contribution >= 0.6 is 11.3 Å². The number of thiophene rings is 1. The van der Waals surface area contributed by atoms with Gasteiger partial charge in [-0.3, -0.25) is 9.48 Å². The van der Waals surface area contributed by atoms with Crippen molar-refractivity contribution >= 4 is 45.3 Å². The van der Waals surface area contributed by atoms with Crippen molar-refractivity contribution in [3.8, 4) is 23.1 Å². The molecule has 0 spiro atoms. The fraction of sp³-hybridized carbons (Fsp3) is 0.172. The van der Waals surface area contributed by atoms with Gasteiger partial charge in [0.1, 0.15) is 11.4 Å². The van der Waals surface area contributed by atoms with Gasteiger partial charge in [0.25, 0.3) is 5.91 Å². The van der Waals surface area contributed by atoms with Crippen LogP contribution in [0, 0.1) is 18.8 Å². The van der Waals surface area contributed by atoms with Gasteiger partial charge in [-0.25, -0.2) is 9.67 Å². The summed E-state index contributed by atoms with van der Waals surface area (Å²) in [5.74, 6) is 7.00. The summed E-state index contributed by atoms with van der Waals surface area (Å²) < 4.78 is 4.39. The maximum atomic E-state index is 13.4. The van der Waals surface area contributed by atoms with E-state index >= 15 is 0 Å². The van der Waals surface area contributed by atoms with Crippen molar-refractivity contribution in [2.75, 3.05) is 17.6 Å². The first kappa shape index (κ1) is 24.5. The lowest BCUT2D eigenvalue weighted by Gasteiger charge is -2.19. The number of pyridine rings is 1. The molecule has 1 aliphatic rings. The lowest BCUT2D eigenvalue weighted by Crippen LogP contribution is -2.28. The van der Waals surface area contributed by atoms with Crippen molar-refractivity contribution in [2.24, 2.45) is 7.05 Å². The summed E-state index contributed by atoms with van der Waals surface area (Å²) in [7, 11) is 1.90. The summed E-state index contributed by atoms with van der Waals surface area (Å²) in [5.41, 5.74) is 12.7. The number of hydrogen-bond donors (Lipinski definition) is 3. The van der Waals surface area contributed by atoms with E-state index in [1.54, 1.807) is 28.4 Å². The van der Waals surface area contributed by atoms with Gasteiger partial charge in [-0.2, -0.15) is 5.10 Å². The Hall–Kier alpha value is -4.88. The lowest BCUT2D eigenvalue weighted by atomic mass is 9.99. The molecule has 0 saturated carbocycles. The molecule has 5 heterocycles. The van der Waals surface area contributed by atoms with Gasteiger partial charge in [0, 0.05) is 36.3 Å². The van der Waals surface area contributed by atoms with Gasteiger partial charge in [-0.15, -0.1) is 16.4 Å². The molecular weight excluding hydrogens is 508 g/mol. The second kappa shape index (κ2) is 9.78. The van der Waals surface area contributed by atoms with Crippen molar-refractivity contribution in [3.63, 3.8) is 0 Å². The first-order valence-corrected chi connectivity index (χ1v) is 13.4. The molecule has 0 radical (unpaired) electrons. The predicted octanol–water partition coefficient (Wildman–Crippen LogP) is 4.57. The van der Waals surface area contributed by atoms with Crippen LogP contribution < -0.4 is 16.4 Å². The highest BCUT2D eigenvalue weighted by Gasteiger charge is 2.26. The van der Waals surface area contributed by atoms with Crippen LogP contribution in [0.25, 0.3) is 27.7 Å². The van der Waals surface area contributed by atoms with E-state index in [0.717, 1.165) is 43.9 Å². The van der Waals surface area contributed by atoms with Crippen LogP contribution in [0.4, 0.5) is 11.6 Å². The number of nitrogens with zero attached hydrogens (tertiary/aromatic N) is 5. The topological polar surface area (TPSA) is 116 Å². The molecule has 39 heavy (non-hydrogen) atoms. The molecule has 0 fully saturated rings. The molecule has 0 saturated heterocycles. The Morgan fingerprint density at radius 1 is 1.23 bits per heavy atom. The number of nitrogens with one attached hydrogen (secondary N) is 2. The first-order chi connectivity index (χ1) is 18.9. The van der Waals surface area contributed by atoms with E-state index in [1.807, 2.05) is 67.4 Å². The molecule has 1 atom stereocenters. The SMILES string of the molecule is Cc1c(C#Cc2csc3cc(C(C)NC(=O)c4c(N)nn5c4NCC=C5)c(-c4ccccc4)nc23)cnn1C. The summed E-state index contributed by atoms with van der Waals surface area (Å²) in [6.45, 7) is 4.55. The van der Waals surface area contributed by atoms with Gasteiger partial charge in [0.2, 0.25) is 0 Å². The standard InChI is InChI=1S/C29H26N8OS/c1-17(33-29(38)24-27(30)35-37-13-7-12-31-28(24)37)22-14-23-26(34-25(22)19-8-5-4-6-9-19)21(16-39-23)11-10-20-15-32-36(3)18(20)2/h4-9,13-17,31H,12H2,1-3H3,(H2,30,35)(H,33,38). The number of aromatic nitrogens is 5. The van der Waals surface area contributed by atoms with Crippen LogP contribution in [0.1, 0.15) is 45.7 Å². The highest BCUT2D eigenvalue weighted by Crippen LogP contribution is 2.34. The van der Waals surface area contributed by atoms with E-state index in [2.05, 4.69) is 38.7 Å². The Bertz CT molecular complexity index is 1820. The Balaban J connectivity index is 1.39. The number of anilines is 2. The van der Waals surface area contributed by atoms with E-state index in [9.17, 15) is 4.79 Å². The quantitative estimate of drug-likeness (QED) is 0.291. The second-order valence-electron chi connectivity index (χ2n) is 9.32. The number of carbonyl (C=O) groups is 1. The van der Waals surface area contributed by atoms with Crippen LogP contribution in [-0.4, -0.2) is 37.0 Å². The normalized spacial score (nSPS) is 12.9. The molecule has 0 bridgehead atoms. The third-order valence-corrected chi connectivity index (χ3v) is 7.72. The average Bonchev–Trinajstić information content (AvgIpc) is 3.61. The molecule has 6 rings (SSSR count). The number of rotatable bonds is 4. The minimum Gasteiger partial charge on any atom is -0.381 e. The molecule has 1 unspecified atom stereocenters. The molecule has 4 aromatic heterocycles. The van der Waals surface area contributed by atoms with Gasteiger partial charge in [-0.05, 0) is 26.0 Å². The molecular formula is C29H26N8OS. The monoisotopic (exact) mass is 534 g/mol. The molecule has 4 N–H and O–H groups in total. The number of nitrogen functional groups attached to an aromatic ring is 1. The van der Waals surface area contributed by atoms with Crippen LogP contribution in [0.3, 0.4) is 0 Å². The predicted molar refractivity (Wildman–Crippen MR) is 155 cm³/mol. The maximum Gasteiger partial charge on any atom is 0.259 e. The number of benzene rings is 1. The fourth-order valence-electron chi connectivity index (χ4n) is 4.58. The van der Waals surface area contributed by atoms with Gasteiger partial charge in [-0.1, -0.05) is 42.2 Å². The zero-order chi connectivity index (χ0) is 27.1. The number of amides is 1. The Labute approximate surface area is 229 Å². The molecule has 0 aliphatic carbocycles. The number of fused-ring (bicyclic) bond motifs is 2. The number of nitrogens with two attached hydrogens (primary N) is 1. The summed E-state index contributed by atoms with van der Waals surface area (Å²) in [6.07, 6.45) is 5.48. The molecule has 9 nitrogen and oxygen atoms in total. The van der Waals surface area contributed by atoms with Crippen molar-refractivity contribution in [1.29, 1.82) is 0 Å². The van der Waals surface area contributed by atoms with E-state index in [1.165, 1.54) is 0 Å². The van der Waals surface area contributed by atoms with E-state index in [-0.39, 0.29) is 17.8 Å². The highest BCUT2D eigenvalue weighted by molar-refractivity contribution is 7.17.